The van der Waals surface area contributed by atoms with Gasteiger partial charge in [0.2, 0.25) is 10.0 Å². The highest BCUT2D eigenvalue weighted by molar-refractivity contribution is 7.89. The summed E-state index contributed by atoms with van der Waals surface area (Å²) < 4.78 is 33.7. The Balaban J connectivity index is 1.78. The Bertz CT molecular complexity index is 1330. The monoisotopic (exact) mass is 419 g/mol. The Labute approximate surface area is 175 Å². The number of hydrogen-bond donors (Lipinski definition) is 0. The van der Waals surface area contributed by atoms with Gasteiger partial charge in [-0.05, 0) is 36.8 Å². The minimum absolute atomic E-state index is 0.0850. The van der Waals surface area contributed by atoms with Crippen LogP contribution in [-0.4, -0.2) is 12.7 Å². The number of hydrogen-bond acceptors (Lipinski definition) is 4. The minimum atomic E-state index is -3.82. The number of fused-ring (bicyclic) bond motifs is 1. The highest BCUT2D eigenvalue weighted by Gasteiger charge is 2.26. The van der Waals surface area contributed by atoms with Crippen molar-refractivity contribution in [1.82, 2.24) is 4.31 Å². The fourth-order valence-electron chi connectivity index (χ4n) is 3.34. The van der Waals surface area contributed by atoms with Crippen LogP contribution in [0.25, 0.3) is 11.0 Å². The van der Waals surface area contributed by atoms with E-state index in [0.717, 1.165) is 11.1 Å². The fourth-order valence-corrected chi connectivity index (χ4v) is 4.77. The molecule has 1 aromatic heterocycles. The quantitative estimate of drug-likeness (QED) is 0.462. The third-order valence-electron chi connectivity index (χ3n) is 4.93. The lowest BCUT2D eigenvalue weighted by molar-refractivity contribution is 0.396. The predicted molar refractivity (Wildman–Crippen MR) is 117 cm³/mol. The van der Waals surface area contributed by atoms with E-state index < -0.39 is 10.0 Å². The number of sulfonamides is 1. The molecule has 0 aliphatic heterocycles. The number of rotatable bonds is 6. The van der Waals surface area contributed by atoms with E-state index in [1.54, 1.807) is 42.5 Å². The molecule has 0 saturated heterocycles. The van der Waals surface area contributed by atoms with Crippen molar-refractivity contribution < 1.29 is 12.8 Å². The molecule has 0 fully saturated rings. The highest BCUT2D eigenvalue weighted by Crippen LogP contribution is 2.21. The van der Waals surface area contributed by atoms with Gasteiger partial charge in [-0.3, -0.25) is 4.79 Å². The van der Waals surface area contributed by atoms with Gasteiger partial charge in [-0.25, -0.2) is 8.42 Å². The lowest BCUT2D eigenvalue weighted by Crippen LogP contribution is -2.32. The van der Waals surface area contributed by atoms with Gasteiger partial charge in [0.1, 0.15) is 5.58 Å². The molecule has 6 heteroatoms. The Kier molecular flexibility index (Phi) is 5.53. The summed E-state index contributed by atoms with van der Waals surface area (Å²) in [5, 5.41) is 0.448. The Morgan fingerprint density at radius 3 is 2.23 bits per heavy atom. The van der Waals surface area contributed by atoms with Crippen LogP contribution < -0.4 is 5.43 Å². The predicted octanol–water partition coefficient (Wildman–Crippen LogP) is 4.49. The maximum atomic E-state index is 13.4. The van der Waals surface area contributed by atoms with E-state index >= 15 is 0 Å². The van der Waals surface area contributed by atoms with Gasteiger partial charge >= 0.3 is 0 Å². The lowest BCUT2D eigenvalue weighted by atomic mass is 10.1. The molecule has 5 nitrogen and oxygen atoms in total. The molecule has 0 aliphatic rings. The minimum Gasteiger partial charge on any atom is -0.464 e. The second-order valence-corrected chi connectivity index (χ2v) is 9.10. The first-order chi connectivity index (χ1) is 14.4. The number of nitrogens with zero attached hydrogens (tertiary/aromatic N) is 1. The maximum Gasteiger partial charge on any atom is 0.243 e. The van der Waals surface area contributed by atoms with E-state index in [9.17, 15) is 13.2 Å². The summed E-state index contributed by atoms with van der Waals surface area (Å²) in [6.45, 7) is 1.95. The molecular formula is C24H21NO4S. The van der Waals surface area contributed by atoms with Crippen molar-refractivity contribution >= 4 is 21.0 Å². The molecule has 0 radical (unpaired) electrons. The molecule has 0 spiro atoms. The molecule has 0 saturated carbocycles. The second kappa shape index (κ2) is 8.26. The lowest BCUT2D eigenvalue weighted by Gasteiger charge is -2.22. The van der Waals surface area contributed by atoms with Gasteiger partial charge in [-0.1, -0.05) is 60.2 Å². The number of benzene rings is 3. The van der Waals surface area contributed by atoms with Gasteiger partial charge in [0.15, 0.2) is 5.43 Å². The van der Waals surface area contributed by atoms with Crippen LogP contribution >= 0.6 is 0 Å². The Morgan fingerprint density at radius 1 is 0.867 bits per heavy atom. The Morgan fingerprint density at radius 2 is 1.53 bits per heavy atom. The van der Waals surface area contributed by atoms with Crippen molar-refractivity contribution in [2.45, 2.75) is 24.9 Å². The van der Waals surface area contributed by atoms with Crippen molar-refractivity contribution in [3.63, 3.8) is 0 Å². The largest absolute Gasteiger partial charge is 0.464 e. The van der Waals surface area contributed by atoms with E-state index in [1.807, 2.05) is 43.3 Å². The van der Waals surface area contributed by atoms with Crippen molar-refractivity contribution in [2.75, 3.05) is 0 Å². The average molecular weight is 420 g/mol. The zero-order valence-corrected chi connectivity index (χ0v) is 17.3. The maximum absolute atomic E-state index is 13.4. The normalized spacial score (nSPS) is 11.8. The summed E-state index contributed by atoms with van der Waals surface area (Å²) in [4.78, 5) is 13.2. The molecule has 0 amide bonds. The molecule has 0 N–H and O–H groups in total. The summed E-state index contributed by atoms with van der Waals surface area (Å²) in [6.07, 6.45) is 1.36. The molecule has 0 bridgehead atoms. The first-order valence-corrected chi connectivity index (χ1v) is 11.0. The standard InChI is InChI=1S/C24H21NO4S/c1-18-12-13-23-22(14-18)24(26)20(17-29-23)16-25(15-19-8-4-2-5-9-19)30(27,28)21-10-6-3-7-11-21/h2-14,17H,15-16H2,1H3. The number of aryl methyl sites for hydroxylation is 1. The van der Waals surface area contributed by atoms with Gasteiger partial charge in [-0.15, -0.1) is 0 Å². The first-order valence-electron chi connectivity index (χ1n) is 9.55. The summed E-state index contributed by atoms with van der Waals surface area (Å²) >= 11 is 0. The van der Waals surface area contributed by atoms with Gasteiger partial charge in [-0.2, -0.15) is 4.31 Å². The van der Waals surface area contributed by atoms with Crippen LogP contribution in [-0.2, 0) is 23.1 Å². The van der Waals surface area contributed by atoms with E-state index in [1.165, 1.54) is 10.6 Å². The van der Waals surface area contributed by atoms with Gasteiger partial charge < -0.3 is 4.42 Å². The van der Waals surface area contributed by atoms with Gasteiger partial charge in [0.05, 0.1) is 22.1 Å². The SMILES string of the molecule is Cc1ccc2occ(CN(Cc3ccccc3)S(=O)(=O)c3ccccc3)c(=O)c2c1. The van der Waals surface area contributed by atoms with E-state index in [0.29, 0.717) is 16.5 Å². The van der Waals surface area contributed by atoms with Gasteiger partial charge in [0.25, 0.3) is 0 Å². The molecule has 30 heavy (non-hydrogen) atoms. The van der Waals surface area contributed by atoms with Crippen LogP contribution in [0.5, 0.6) is 0 Å². The van der Waals surface area contributed by atoms with Crippen LogP contribution in [0.3, 0.4) is 0 Å². The summed E-state index contributed by atoms with van der Waals surface area (Å²) in [6, 6.07) is 22.9. The molecule has 4 aromatic rings. The van der Waals surface area contributed by atoms with Crippen LogP contribution in [0.15, 0.2) is 99.2 Å². The third-order valence-corrected chi connectivity index (χ3v) is 6.73. The molecular weight excluding hydrogens is 398 g/mol. The van der Waals surface area contributed by atoms with E-state index in [-0.39, 0.29) is 23.4 Å². The van der Waals surface area contributed by atoms with Crippen LogP contribution in [0, 0.1) is 6.92 Å². The molecule has 4 rings (SSSR count). The molecule has 3 aromatic carbocycles. The highest BCUT2D eigenvalue weighted by atomic mass is 32.2. The smallest absolute Gasteiger partial charge is 0.243 e. The van der Waals surface area contributed by atoms with Crippen LogP contribution in [0.2, 0.25) is 0 Å². The van der Waals surface area contributed by atoms with Crippen LogP contribution in [0.4, 0.5) is 0 Å². The average Bonchev–Trinajstić information content (AvgIpc) is 2.76. The zero-order valence-electron chi connectivity index (χ0n) is 16.5. The molecule has 152 valence electrons. The van der Waals surface area contributed by atoms with Crippen molar-refractivity contribution in [3.05, 3.63) is 112 Å². The zero-order chi connectivity index (χ0) is 21.1. The summed E-state index contributed by atoms with van der Waals surface area (Å²) in [7, 11) is -3.82. The second-order valence-electron chi connectivity index (χ2n) is 7.16. The van der Waals surface area contributed by atoms with Gasteiger partial charge in [0, 0.05) is 13.1 Å². The molecule has 0 unspecified atom stereocenters. The summed E-state index contributed by atoms with van der Waals surface area (Å²) in [5.41, 5.74) is 2.32. The third kappa shape index (κ3) is 4.06. The molecule has 0 atom stereocenters. The first kappa shape index (κ1) is 20.1. The van der Waals surface area contributed by atoms with Crippen molar-refractivity contribution in [3.8, 4) is 0 Å². The van der Waals surface area contributed by atoms with E-state index in [2.05, 4.69) is 0 Å². The molecule has 1 heterocycles. The van der Waals surface area contributed by atoms with E-state index in [4.69, 9.17) is 4.42 Å². The molecule has 0 aliphatic carbocycles. The van der Waals surface area contributed by atoms with Crippen molar-refractivity contribution in [1.29, 1.82) is 0 Å². The topological polar surface area (TPSA) is 67.6 Å². The van der Waals surface area contributed by atoms with Crippen LogP contribution in [0.1, 0.15) is 16.7 Å². The fraction of sp³-hybridized carbons (Fsp3) is 0.125. The summed E-state index contributed by atoms with van der Waals surface area (Å²) in [5.74, 6) is 0. The van der Waals surface area contributed by atoms with Crippen molar-refractivity contribution in [2.24, 2.45) is 0 Å². The Hall–Kier alpha value is -3.22.